The Morgan fingerprint density at radius 3 is 2.33 bits per heavy atom. The van der Waals surface area contributed by atoms with Gasteiger partial charge in [0.2, 0.25) is 0 Å². The number of likely N-dealkylation sites (N-methyl/N-ethyl adjacent to an activating group) is 1. The molecule has 0 aliphatic carbocycles. The fourth-order valence-corrected chi connectivity index (χ4v) is 3.36. The van der Waals surface area contributed by atoms with E-state index in [9.17, 15) is 18.0 Å². The Balaban J connectivity index is 1.76. The van der Waals surface area contributed by atoms with Gasteiger partial charge < -0.3 is 14.5 Å². The summed E-state index contributed by atoms with van der Waals surface area (Å²) in [6.07, 6.45) is -4.66. The van der Waals surface area contributed by atoms with Crippen molar-refractivity contribution in [2.24, 2.45) is 0 Å². The van der Waals surface area contributed by atoms with Gasteiger partial charge in [-0.3, -0.25) is 4.79 Å². The van der Waals surface area contributed by atoms with Crippen molar-refractivity contribution in [3.63, 3.8) is 0 Å². The van der Waals surface area contributed by atoms with E-state index in [4.69, 9.17) is 4.74 Å². The molecule has 4 rings (SSSR count). The van der Waals surface area contributed by atoms with Gasteiger partial charge in [-0.2, -0.15) is 18.3 Å². The predicted octanol–water partition coefficient (Wildman–Crippen LogP) is 2.81. The van der Waals surface area contributed by atoms with Gasteiger partial charge in [-0.25, -0.2) is 9.50 Å². The first-order chi connectivity index (χ1) is 14.3. The van der Waals surface area contributed by atoms with Crippen LogP contribution in [-0.2, 0) is 6.18 Å². The summed E-state index contributed by atoms with van der Waals surface area (Å²) in [5.41, 5.74) is -0.443. The third-order valence-electron chi connectivity index (χ3n) is 5.11. The summed E-state index contributed by atoms with van der Waals surface area (Å²) < 4.78 is 47.0. The van der Waals surface area contributed by atoms with E-state index in [1.807, 2.05) is 7.05 Å². The number of carbonyl (C=O) groups excluding carboxylic acids is 1. The number of hydrogen-bond donors (Lipinski definition) is 0. The maximum Gasteiger partial charge on any atom is 0.433 e. The van der Waals surface area contributed by atoms with E-state index >= 15 is 0 Å². The number of fused-ring (bicyclic) bond motifs is 1. The summed E-state index contributed by atoms with van der Waals surface area (Å²) in [4.78, 5) is 20.8. The van der Waals surface area contributed by atoms with Crippen LogP contribution in [0.15, 0.2) is 36.4 Å². The molecular weight excluding hydrogens is 399 g/mol. The van der Waals surface area contributed by atoms with Crippen molar-refractivity contribution >= 4 is 11.6 Å². The first-order valence-electron chi connectivity index (χ1n) is 9.36. The van der Waals surface area contributed by atoms with E-state index in [1.165, 1.54) is 13.2 Å². The number of nitrogens with zero attached hydrogens (tertiary/aromatic N) is 5. The van der Waals surface area contributed by atoms with Crippen LogP contribution in [0.25, 0.3) is 16.9 Å². The number of alkyl halides is 3. The van der Waals surface area contributed by atoms with E-state index < -0.39 is 17.8 Å². The standard InChI is InChI=1S/C20H20F3N5O2/c1-26-7-9-27(10-8-26)19(29)16-12-18-24-15(13-3-5-14(30-2)6-4-13)11-17(20(21,22)23)28(18)25-16/h3-6,11-12H,7-10H2,1-2H3. The van der Waals surface area contributed by atoms with Gasteiger partial charge in [-0.05, 0) is 37.4 Å². The quantitative estimate of drug-likeness (QED) is 0.653. The zero-order valence-corrected chi connectivity index (χ0v) is 16.5. The van der Waals surface area contributed by atoms with E-state index in [0.717, 1.165) is 6.07 Å². The molecule has 0 bridgehead atoms. The minimum Gasteiger partial charge on any atom is -0.497 e. The zero-order chi connectivity index (χ0) is 21.5. The molecule has 2 aromatic heterocycles. The third-order valence-corrected chi connectivity index (χ3v) is 5.11. The number of amides is 1. The molecule has 0 radical (unpaired) electrons. The smallest absolute Gasteiger partial charge is 0.433 e. The number of methoxy groups -OCH3 is 1. The highest BCUT2D eigenvalue weighted by atomic mass is 19.4. The Morgan fingerprint density at radius 2 is 1.73 bits per heavy atom. The van der Waals surface area contributed by atoms with Gasteiger partial charge in [0, 0.05) is 37.8 Å². The molecule has 0 N–H and O–H groups in total. The van der Waals surface area contributed by atoms with Gasteiger partial charge in [-0.15, -0.1) is 0 Å². The van der Waals surface area contributed by atoms with Crippen molar-refractivity contribution in [1.82, 2.24) is 24.4 Å². The number of carbonyl (C=O) groups is 1. The van der Waals surface area contributed by atoms with E-state index in [1.54, 1.807) is 29.2 Å². The number of ether oxygens (including phenoxy) is 1. The predicted molar refractivity (Wildman–Crippen MR) is 103 cm³/mol. The van der Waals surface area contributed by atoms with E-state index in [-0.39, 0.29) is 17.0 Å². The second kappa shape index (κ2) is 7.60. The van der Waals surface area contributed by atoms with Gasteiger partial charge in [0.25, 0.3) is 5.91 Å². The van der Waals surface area contributed by atoms with Crippen molar-refractivity contribution in [2.45, 2.75) is 6.18 Å². The molecule has 3 heterocycles. The fraction of sp³-hybridized carbons (Fsp3) is 0.350. The lowest BCUT2D eigenvalue weighted by molar-refractivity contribution is -0.142. The van der Waals surface area contributed by atoms with Crippen LogP contribution in [0.1, 0.15) is 16.2 Å². The summed E-state index contributed by atoms with van der Waals surface area (Å²) >= 11 is 0. The normalized spacial score (nSPS) is 15.6. The van der Waals surface area contributed by atoms with Crippen molar-refractivity contribution in [3.8, 4) is 17.0 Å². The molecule has 1 aliphatic rings. The first-order valence-corrected chi connectivity index (χ1v) is 9.36. The third kappa shape index (κ3) is 3.82. The number of benzene rings is 1. The van der Waals surface area contributed by atoms with Crippen molar-refractivity contribution in [1.29, 1.82) is 0 Å². The Morgan fingerprint density at radius 1 is 1.07 bits per heavy atom. The number of piperazine rings is 1. The molecule has 0 unspecified atom stereocenters. The van der Waals surface area contributed by atoms with E-state index in [2.05, 4.69) is 15.0 Å². The molecule has 30 heavy (non-hydrogen) atoms. The average Bonchev–Trinajstić information content (AvgIpc) is 3.16. The second-order valence-electron chi connectivity index (χ2n) is 7.15. The maximum absolute atomic E-state index is 13.7. The van der Waals surface area contributed by atoms with Gasteiger partial charge in [0.05, 0.1) is 12.8 Å². The molecule has 1 aromatic carbocycles. The fourth-order valence-electron chi connectivity index (χ4n) is 3.36. The van der Waals surface area contributed by atoms with Crippen LogP contribution in [0.3, 0.4) is 0 Å². The van der Waals surface area contributed by atoms with Crippen LogP contribution in [-0.4, -0.2) is 70.6 Å². The Kier molecular flexibility index (Phi) is 5.10. The van der Waals surface area contributed by atoms with Crippen molar-refractivity contribution in [2.75, 3.05) is 40.3 Å². The van der Waals surface area contributed by atoms with Crippen LogP contribution >= 0.6 is 0 Å². The molecule has 0 atom stereocenters. The molecule has 7 nitrogen and oxygen atoms in total. The Hall–Kier alpha value is -3.14. The van der Waals surface area contributed by atoms with Gasteiger partial charge in [-0.1, -0.05) is 0 Å². The molecule has 0 spiro atoms. The monoisotopic (exact) mass is 419 g/mol. The highest BCUT2D eigenvalue weighted by Gasteiger charge is 2.36. The average molecular weight is 419 g/mol. The summed E-state index contributed by atoms with van der Waals surface area (Å²) in [6.45, 7) is 2.40. The second-order valence-corrected chi connectivity index (χ2v) is 7.15. The van der Waals surface area contributed by atoms with E-state index in [0.29, 0.717) is 42.0 Å². The Labute approximate surface area is 170 Å². The lowest BCUT2D eigenvalue weighted by Crippen LogP contribution is -2.47. The van der Waals surface area contributed by atoms with Gasteiger partial charge >= 0.3 is 6.18 Å². The lowest BCUT2D eigenvalue weighted by Gasteiger charge is -2.31. The van der Waals surface area contributed by atoms with Crippen LogP contribution in [0.2, 0.25) is 0 Å². The van der Waals surface area contributed by atoms with Crippen molar-refractivity contribution < 1.29 is 22.7 Å². The van der Waals surface area contributed by atoms with Crippen LogP contribution in [0.5, 0.6) is 5.75 Å². The molecule has 1 saturated heterocycles. The number of rotatable bonds is 3. The SMILES string of the molecule is COc1ccc(-c2cc(C(F)(F)F)n3nc(C(=O)N4CCN(C)CC4)cc3n2)cc1. The van der Waals surface area contributed by atoms with Crippen LogP contribution < -0.4 is 4.74 Å². The molecule has 1 amide bonds. The molecule has 0 saturated carbocycles. The maximum atomic E-state index is 13.7. The minimum absolute atomic E-state index is 0.0341. The zero-order valence-electron chi connectivity index (χ0n) is 16.5. The molecular formula is C20H20F3N5O2. The molecule has 158 valence electrons. The van der Waals surface area contributed by atoms with Gasteiger partial charge in [0.15, 0.2) is 17.0 Å². The minimum atomic E-state index is -4.66. The summed E-state index contributed by atoms with van der Waals surface area (Å²) in [5.74, 6) is 0.188. The van der Waals surface area contributed by atoms with Gasteiger partial charge in [0.1, 0.15) is 5.75 Å². The summed E-state index contributed by atoms with van der Waals surface area (Å²) in [7, 11) is 3.46. The number of aromatic nitrogens is 3. The lowest BCUT2D eigenvalue weighted by atomic mass is 10.1. The highest BCUT2D eigenvalue weighted by molar-refractivity contribution is 5.93. The Bertz CT molecular complexity index is 1070. The molecule has 1 fully saturated rings. The highest BCUT2D eigenvalue weighted by Crippen LogP contribution is 2.32. The largest absolute Gasteiger partial charge is 0.497 e. The van der Waals surface area contributed by atoms with Crippen LogP contribution in [0, 0.1) is 0 Å². The molecule has 10 heteroatoms. The topological polar surface area (TPSA) is 63.0 Å². The van der Waals surface area contributed by atoms with Crippen LogP contribution in [0.4, 0.5) is 13.2 Å². The number of halogens is 3. The van der Waals surface area contributed by atoms with Crippen molar-refractivity contribution in [3.05, 3.63) is 47.8 Å². The molecule has 3 aromatic rings. The number of hydrogen-bond acceptors (Lipinski definition) is 5. The summed E-state index contributed by atoms with van der Waals surface area (Å²) in [5, 5.41) is 3.94. The molecule has 1 aliphatic heterocycles. The summed E-state index contributed by atoms with van der Waals surface area (Å²) in [6, 6.07) is 8.80. The first kappa shape index (κ1) is 20.1.